The van der Waals surface area contributed by atoms with Gasteiger partial charge < -0.3 is 14.6 Å². The summed E-state index contributed by atoms with van der Waals surface area (Å²) in [6.45, 7) is 0.781. The van der Waals surface area contributed by atoms with E-state index in [0.717, 1.165) is 37.2 Å². The molecule has 1 aromatic rings. The molecule has 5 heteroatoms. The highest BCUT2D eigenvalue weighted by Crippen LogP contribution is 2.41. The van der Waals surface area contributed by atoms with E-state index in [4.69, 9.17) is 9.47 Å². The standard InChI is InChI=1S/C16H23NO3S/c1-19-15-3-2-12(10-17-15)8-14(18)13-4-6-20-16(9-13)5-7-21-11-16/h2-3,10,13-14,18H,4-9,11H2,1H3. The smallest absolute Gasteiger partial charge is 0.212 e. The lowest BCUT2D eigenvalue weighted by Gasteiger charge is -2.39. The molecule has 0 radical (unpaired) electrons. The van der Waals surface area contributed by atoms with Crippen molar-refractivity contribution < 1.29 is 14.6 Å². The Hall–Kier alpha value is -0.780. The molecular formula is C16H23NO3S. The van der Waals surface area contributed by atoms with E-state index in [1.807, 2.05) is 23.9 Å². The first kappa shape index (κ1) is 15.1. The third-order valence-electron chi connectivity index (χ3n) is 4.59. The van der Waals surface area contributed by atoms with Crippen LogP contribution in [0.15, 0.2) is 18.3 Å². The summed E-state index contributed by atoms with van der Waals surface area (Å²) in [6, 6.07) is 3.83. The Labute approximate surface area is 130 Å². The number of methoxy groups -OCH3 is 1. The summed E-state index contributed by atoms with van der Waals surface area (Å²) in [7, 11) is 1.61. The number of thioether (sulfide) groups is 1. The fourth-order valence-electron chi connectivity index (χ4n) is 3.32. The van der Waals surface area contributed by atoms with E-state index < -0.39 is 0 Å². The van der Waals surface area contributed by atoms with E-state index in [1.165, 1.54) is 5.75 Å². The molecule has 21 heavy (non-hydrogen) atoms. The highest BCUT2D eigenvalue weighted by atomic mass is 32.2. The zero-order valence-corrected chi connectivity index (χ0v) is 13.3. The van der Waals surface area contributed by atoms with Gasteiger partial charge in [-0.15, -0.1) is 0 Å². The number of ether oxygens (including phenoxy) is 2. The zero-order chi connectivity index (χ0) is 14.7. The molecule has 1 spiro atoms. The lowest BCUT2D eigenvalue weighted by atomic mass is 9.81. The fraction of sp³-hybridized carbons (Fsp3) is 0.688. The molecule has 2 aliphatic rings. The quantitative estimate of drug-likeness (QED) is 0.925. The SMILES string of the molecule is COc1ccc(CC(O)C2CCOC3(CCSC3)C2)cn1. The fourth-order valence-corrected chi connectivity index (χ4v) is 4.70. The Bertz CT molecular complexity index is 459. The predicted molar refractivity (Wildman–Crippen MR) is 83.8 cm³/mol. The normalized spacial score (nSPS) is 30.5. The zero-order valence-electron chi connectivity index (χ0n) is 12.5. The monoisotopic (exact) mass is 309 g/mol. The van der Waals surface area contributed by atoms with Crippen LogP contribution in [0, 0.1) is 5.92 Å². The van der Waals surface area contributed by atoms with Crippen LogP contribution < -0.4 is 4.74 Å². The molecule has 2 fully saturated rings. The first-order chi connectivity index (χ1) is 10.2. The molecule has 4 nitrogen and oxygen atoms in total. The molecular weight excluding hydrogens is 286 g/mol. The van der Waals surface area contributed by atoms with Crippen LogP contribution in [0.25, 0.3) is 0 Å². The third kappa shape index (κ3) is 3.52. The summed E-state index contributed by atoms with van der Waals surface area (Å²) in [5, 5.41) is 10.6. The summed E-state index contributed by atoms with van der Waals surface area (Å²) in [4.78, 5) is 4.20. The second-order valence-electron chi connectivity index (χ2n) is 6.07. The molecule has 2 aliphatic heterocycles. The van der Waals surface area contributed by atoms with Crippen molar-refractivity contribution in [2.45, 2.75) is 37.4 Å². The number of nitrogens with zero attached hydrogens (tertiary/aromatic N) is 1. The minimum Gasteiger partial charge on any atom is -0.481 e. The average molecular weight is 309 g/mol. The van der Waals surface area contributed by atoms with Gasteiger partial charge in [-0.05, 0) is 36.5 Å². The van der Waals surface area contributed by atoms with Crippen LogP contribution in [0.1, 0.15) is 24.8 Å². The molecule has 3 rings (SSSR count). The molecule has 1 aromatic heterocycles. The minimum absolute atomic E-state index is 0.0344. The van der Waals surface area contributed by atoms with Gasteiger partial charge in [0.15, 0.2) is 0 Å². The largest absolute Gasteiger partial charge is 0.481 e. The lowest BCUT2D eigenvalue weighted by Crippen LogP contribution is -2.43. The molecule has 3 unspecified atom stereocenters. The number of aromatic nitrogens is 1. The molecule has 0 aliphatic carbocycles. The highest BCUT2D eigenvalue weighted by Gasteiger charge is 2.42. The summed E-state index contributed by atoms with van der Waals surface area (Å²) < 4.78 is 11.1. The van der Waals surface area contributed by atoms with Crippen molar-refractivity contribution in [3.8, 4) is 5.88 Å². The first-order valence-electron chi connectivity index (χ1n) is 7.59. The molecule has 116 valence electrons. The topological polar surface area (TPSA) is 51.6 Å². The number of rotatable bonds is 4. The molecule has 0 saturated carbocycles. The molecule has 1 N–H and O–H groups in total. The van der Waals surface area contributed by atoms with Crippen LogP contribution in [0.5, 0.6) is 5.88 Å². The maximum absolute atomic E-state index is 10.6. The van der Waals surface area contributed by atoms with Gasteiger partial charge in [0, 0.05) is 31.0 Å². The van der Waals surface area contributed by atoms with E-state index in [0.29, 0.717) is 18.2 Å². The Kier molecular flexibility index (Phi) is 4.72. The Morgan fingerprint density at radius 3 is 3.14 bits per heavy atom. The molecule has 0 amide bonds. The lowest BCUT2D eigenvalue weighted by molar-refractivity contribution is -0.101. The van der Waals surface area contributed by atoms with Gasteiger partial charge in [0.25, 0.3) is 0 Å². The molecule has 2 saturated heterocycles. The predicted octanol–water partition coefficient (Wildman–Crippen LogP) is 2.30. The van der Waals surface area contributed by atoms with Gasteiger partial charge in [-0.1, -0.05) is 6.07 Å². The molecule has 3 heterocycles. The number of pyridine rings is 1. The number of hydrogen-bond donors (Lipinski definition) is 1. The maximum Gasteiger partial charge on any atom is 0.212 e. The number of aliphatic hydroxyl groups excluding tert-OH is 1. The second-order valence-corrected chi connectivity index (χ2v) is 7.17. The van der Waals surface area contributed by atoms with Gasteiger partial charge in [0.1, 0.15) is 0 Å². The van der Waals surface area contributed by atoms with Crippen molar-refractivity contribution >= 4 is 11.8 Å². The number of hydrogen-bond acceptors (Lipinski definition) is 5. The Morgan fingerprint density at radius 2 is 2.48 bits per heavy atom. The summed E-state index contributed by atoms with van der Waals surface area (Å²) in [5.74, 6) is 3.21. The molecule has 3 atom stereocenters. The van der Waals surface area contributed by atoms with Gasteiger partial charge in [-0.25, -0.2) is 4.98 Å². The van der Waals surface area contributed by atoms with E-state index in [1.54, 1.807) is 13.3 Å². The number of aliphatic hydroxyl groups is 1. The van der Waals surface area contributed by atoms with Crippen LogP contribution in [-0.2, 0) is 11.2 Å². The van der Waals surface area contributed by atoms with Gasteiger partial charge in [-0.2, -0.15) is 11.8 Å². The summed E-state index contributed by atoms with van der Waals surface area (Å²) in [6.07, 6.45) is 5.21. The minimum atomic E-state index is -0.313. The van der Waals surface area contributed by atoms with Gasteiger partial charge >= 0.3 is 0 Å². The van der Waals surface area contributed by atoms with Crippen LogP contribution in [0.4, 0.5) is 0 Å². The summed E-state index contributed by atoms with van der Waals surface area (Å²) in [5.41, 5.74) is 1.09. The van der Waals surface area contributed by atoms with E-state index in [9.17, 15) is 5.11 Å². The first-order valence-corrected chi connectivity index (χ1v) is 8.75. The van der Waals surface area contributed by atoms with Crippen LogP contribution in [0.3, 0.4) is 0 Å². The maximum atomic E-state index is 10.6. The van der Waals surface area contributed by atoms with Crippen LogP contribution in [-0.4, -0.2) is 47.0 Å². The van der Waals surface area contributed by atoms with Crippen molar-refractivity contribution in [1.82, 2.24) is 4.98 Å². The van der Waals surface area contributed by atoms with E-state index >= 15 is 0 Å². The van der Waals surface area contributed by atoms with Crippen LogP contribution in [0.2, 0.25) is 0 Å². The highest BCUT2D eigenvalue weighted by molar-refractivity contribution is 7.99. The van der Waals surface area contributed by atoms with E-state index in [-0.39, 0.29) is 11.7 Å². The average Bonchev–Trinajstić information content (AvgIpc) is 2.96. The van der Waals surface area contributed by atoms with Gasteiger partial charge in [0.2, 0.25) is 5.88 Å². The van der Waals surface area contributed by atoms with Gasteiger partial charge in [-0.3, -0.25) is 0 Å². The molecule has 0 aromatic carbocycles. The van der Waals surface area contributed by atoms with Crippen molar-refractivity contribution in [2.75, 3.05) is 25.2 Å². The second kappa shape index (κ2) is 6.55. The van der Waals surface area contributed by atoms with Crippen molar-refractivity contribution in [3.05, 3.63) is 23.9 Å². The molecule has 0 bridgehead atoms. The Balaban J connectivity index is 1.60. The third-order valence-corrected chi connectivity index (χ3v) is 5.82. The van der Waals surface area contributed by atoms with Crippen molar-refractivity contribution in [2.24, 2.45) is 5.92 Å². The van der Waals surface area contributed by atoms with Crippen molar-refractivity contribution in [3.63, 3.8) is 0 Å². The van der Waals surface area contributed by atoms with Crippen LogP contribution >= 0.6 is 11.8 Å². The van der Waals surface area contributed by atoms with Crippen molar-refractivity contribution in [1.29, 1.82) is 0 Å². The van der Waals surface area contributed by atoms with Gasteiger partial charge in [0.05, 0.1) is 18.8 Å². The summed E-state index contributed by atoms with van der Waals surface area (Å²) >= 11 is 1.97. The Morgan fingerprint density at radius 1 is 1.57 bits per heavy atom. The van der Waals surface area contributed by atoms with E-state index in [2.05, 4.69) is 4.98 Å².